The zero-order chi connectivity index (χ0) is 20.3. The van der Waals surface area contributed by atoms with Crippen LogP contribution < -0.4 is 17.0 Å². The number of halogens is 1. The average Bonchev–Trinajstić information content (AvgIpc) is 2.91. The van der Waals surface area contributed by atoms with E-state index in [9.17, 15) is 4.79 Å². The summed E-state index contributed by atoms with van der Waals surface area (Å²) in [6.45, 7) is 3.33. The summed E-state index contributed by atoms with van der Waals surface area (Å²) < 4.78 is 7.01. The molecule has 2 aromatic rings. The van der Waals surface area contributed by atoms with Crippen LogP contribution in [0.1, 0.15) is 66.9 Å². The lowest BCUT2D eigenvalue weighted by Gasteiger charge is -2.47. The van der Waals surface area contributed by atoms with Gasteiger partial charge in [0, 0.05) is 31.2 Å². The van der Waals surface area contributed by atoms with Gasteiger partial charge in [-0.15, -0.1) is 0 Å². The van der Waals surface area contributed by atoms with Gasteiger partial charge in [0.2, 0.25) is 0 Å². The van der Waals surface area contributed by atoms with E-state index in [1.54, 1.807) is 0 Å². The molecule has 2 fully saturated rings. The van der Waals surface area contributed by atoms with E-state index in [1.165, 1.54) is 43.2 Å². The summed E-state index contributed by atoms with van der Waals surface area (Å²) in [5.41, 5.74) is 3.54. The highest BCUT2D eigenvalue weighted by molar-refractivity contribution is 5.89. The van der Waals surface area contributed by atoms with Crippen LogP contribution in [0, 0.1) is 0 Å². The highest BCUT2D eigenvalue weighted by atomic mass is 79.9. The molecular weight excluding hydrogens is 438 g/mol. The molecule has 4 heteroatoms. The number of carbonyl (C=O) groups is 1. The van der Waals surface area contributed by atoms with Gasteiger partial charge in [-0.3, -0.25) is 0 Å². The summed E-state index contributed by atoms with van der Waals surface area (Å²) >= 11 is 0. The fourth-order valence-corrected chi connectivity index (χ4v) is 5.43. The number of unbranched alkanes of at least 4 members (excludes halogenated alkanes) is 1. The van der Waals surface area contributed by atoms with Gasteiger partial charge in [0.1, 0.15) is 12.6 Å². The largest absolute Gasteiger partial charge is 1.00 e. The van der Waals surface area contributed by atoms with Crippen LogP contribution in [0.2, 0.25) is 0 Å². The molecule has 0 radical (unpaired) electrons. The molecule has 0 saturated carbocycles. The van der Waals surface area contributed by atoms with Gasteiger partial charge in [-0.05, 0) is 30.5 Å². The first kappa shape index (κ1) is 23.0. The van der Waals surface area contributed by atoms with Gasteiger partial charge in [-0.25, -0.2) is 4.79 Å². The van der Waals surface area contributed by atoms with Gasteiger partial charge in [0.25, 0.3) is 0 Å². The van der Waals surface area contributed by atoms with Gasteiger partial charge in [-0.1, -0.05) is 55.8 Å². The van der Waals surface area contributed by atoms with Crippen molar-refractivity contribution in [2.75, 3.05) is 7.05 Å². The Balaban J connectivity index is 0.00000256. The number of quaternary nitrogens is 1. The van der Waals surface area contributed by atoms with E-state index in [1.807, 2.05) is 30.3 Å². The summed E-state index contributed by atoms with van der Waals surface area (Å²) in [7, 11) is 2.42. The molecule has 2 aliphatic rings. The smallest absolute Gasteiger partial charge is 0.338 e. The summed E-state index contributed by atoms with van der Waals surface area (Å²) in [6, 6.07) is 19.8. The Labute approximate surface area is 191 Å². The van der Waals surface area contributed by atoms with E-state index < -0.39 is 0 Å². The minimum atomic E-state index is -0.172. The molecule has 4 rings (SSSR count). The molecule has 2 heterocycles. The number of rotatable bonds is 7. The van der Waals surface area contributed by atoms with Crippen LogP contribution in [-0.2, 0) is 17.7 Å². The first-order valence-electron chi connectivity index (χ1n) is 11.3. The second kappa shape index (κ2) is 10.1. The molecule has 0 amide bonds. The van der Waals surface area contributed by atoms with Crippen LogP contribution in [0.4, 0.5) is 0 Å². The van der Waals surface area contributed by atoms with Crippen molar-refractivity contribution in [2.24, 2.45) is 0 Å². The van der Waals surface area contributed by atoms with E-state index in [-0.39, 0.29) is 29.1 Å². The molecule has 0 aliphatic carbocycles. The zero-order valence-corrected chi connectivity index (χ0v) is 19.8. The highest BCUT2D eigenvalue weighted by Gasteiger charge is 2.52. The van der Waals surface area contributed by atoms with E-state index in [0.29, 0.717) is 17.6 Å². The molecule has 2 unspecified atom stereocenters. The SMILES string of the molecule is CCCCc1ccc(C[N+]2(C)[C@@H]3CC[C@H]2CC(OC(=O)c2ccccc2)C3)cc1.[Br-]. The number of hydrogen-bond acceptors (Lipinski definition) is 2. The molecule has 2 saturated heterocycles. The minimum Gasteiger partial charge on any atom is -1.00 e. The van der Waals surface area contributed by atoms with Crippen molar-refractivity contribution < 1.29 is 31.0 Å². The Kier molecular flexibility index (Phi) is 7.75. The van der Waals surface area contributed by atoms with Crippen LogP contribution in [0.15, 0.2) is 54.6 Å². The maximum Gasteiger partial charge on any atom is 0.338 e. The Bertz CT molecular complexity index is 807. The lowest BCUT2D eigenvalue weighted by atomic mass is 9.95. The molecule has 0 N–H and O–H groups in total. The Morgan fingerprint density at radius 1 is 0.967 bits per heavy atom. The van der Waals surface area contributed by atoms with Gasteiger partial charge in [0.15, 0.2) is 0 Å². The number of carbonyl (C=O) groups excluding carboxylic acids is 1. The van der Waals surface area contributed by atoms with E-state index in [2.05, 4.69) is 38.2 Å². The topological polar surface area (TPSA) is 26.3 Å². The number of ether oxygens (including phenoxy) is 1. The molecular formula is C26H34BrNO2. The first-order chi connectivity index (χ1) is 14.1. The quantitative estimate of drug-likeness (QED) is 0.458. The van der Waals surface area contributed by atoms with Crippen molar-refractivity contribution in [1.29, 1.82) is 0 Å². The number of benzene rings is 2. The molecule has 3 nitrogen and oxygen atoms in total. The number of aryl methyl sites for hydroxylation is 1. The van der Waals surface area contributed by atoms with Crippen LogP contribution in [-0.4, -0.2) is 35.7 Å². The third-order valence-corrected chi connectivity index (χ3v) is 7.22. The van der Waals surface area contributed by atoms with Crippen molar-refractivity contribution in [1.82, 2.24) is 0 Å². The predicted molar refractivity (Wildman–Crippen MR) is 117 cm³/mol. The average molecular weight is 472 g/mol. The molecule has 0 aromatic heterocycles. The van der Waals surface area contributed by atoms with Gasteiger partial charge in [-0.2, -0.15) is 0 Å². The minimum absolute atomic E-state index is 0. The highest BCUT2D eigenvalue weighted by Crippen LogP contribution is 2.43. The van der Waals surface area contributed by atoms with Crippen molar-refractivity contribution in [3.05, 3.63) is 71.3 Å². The summed E-state index contributed by atoms with van der Waals surface area (Å²) in [5, 5.41) is 0. The maximum absolute atomic E-state index is 12.5. The number of fused-ring (bicyclic) bond motifs is 2. The molecule has 4 atom stereocenters. The van der Waals surface area contributed by atoms with Crippen LogP contribution in [0.3, 0.4) is 0 Å². The fourth-order valence-electron chi connectivity index (χ4n) is 5.43. The van der Waals surface area contributed by atoms with Crippen molar-refractivity contribution in [3.63, 3.8) is 0 Å². The lowest BCUT2D eigenvalue weighted by molar-refractivity contribution is -0.961. The monoisotopic (exact) mass is 471 g/mol. The van der Waals surface area contributed by atoms with Crippen LogP contribution in [0.25, 0.3) is 0 Å². The predicted octanol–water partition coefficient (Wildman–Crippen LogP) is 2.53. The van der Waals surface area contributed by atoms with E-state index in [0.717, 1.165) is 23.9 Å². The van der Waals surface area contributed by atoms with E-state index in [4.69, 9.17) is 4.74 Å². The lowest BCUT2D eigenvalue weighted by Crippen LogP contribution is -3.00. The van der Waals surface area contributed by atoms with Crippen molar-refractivity contribution in [2.45, 2.75) is 76.6 Å². The van der Waals surface area contributed by atoms with Gasteiger partial charge in [0.05, 0.1) is 24.7 Å². The van der Waals surface area contributed by atoms with Crippen LogP contribution in [0.5, 0.6) is 0 Å². The molecule has 2 aliphatic heterocycles. The molecule has 2 bridgehead atoms. The Morgan fingerprint density at radius 2 is 1.57 bits per heavy atom. The van der Waals surface area contributed by atoms with E-state index >= 15 is 0 Å². The molecule has 162 valence electrons. The standard InChI is InChI=1S/C26H34NO2.BrH/c1-3-4-8-20-11-13-21(14-12-20)19-27(2)23-15-16-24(27)18-25(17-23)29-26(28)22-9-6-5-7-10-22;/h5-7,9-14,23-25H,3-4,8,15-19H2,1-2H3;1H/q+1;/p-1/t23-,24+,25?,27?;. The Hall–Kier alpha value is -1.65. The summed E-state index contributed by atoms with van der Waals surface area (Å²) in [6.07, 6.45) is 8.21. The number of hydrogen-bond donors (Lipinski definition) is 0. The number of piperidine rings is 1. The molecule has 2 aromatic carbocycles. The third kappa shape index (κ3) is 4.97. The number of nitrogens with zero attached hydrogens (tertiary/aromatic N) is 1. The van der Waals surface area contributed by atoms with Crippen molar-refractivity contribution in [3.8, 4) is 0 Å². The zero-order valence-electron chi connectivity index (χ0n) is 18.2. The van der Waals surface area contributed by atoms with Crippen molar-refractivity contribution >= 4 is 5.97 Å². The second-order valence-electron chi connectivity index (χ2n) is 9.17. The first-order valence-corrected chi connectivity index (χ1v) is 11.3. The maximum atomic E-state index is 12.5. The normalized spacial score (nSPS) is 27.3. The summed E-state index contributed by atoms with van der Waals surface area (Å²) in [5.74, 6) is -0.172. The van der Waals surface area contributed by atoms with Gasteiger partial charge < -0.3 is 26.2 Å². The fraction of sp³-hybridized carbons (Fsp3) is 0.500. The van der Waals surface area contributed by atoms with Gasteiger partial charge >= 0.3 is 5.97 Å². The summed E-state index contributed by atoms with van der Waals surface area (Å²) in [4.78, 5) is 12.5. The van der Waals surface area contributed by atoms with Crippen LogP contribution >= 0.6 is 0 Å². The third-order valence-electron chi connectivity index (χ3n) is 7.22. The second-order valence-corrected chi connectivity index (χ2v) is 9.17. The molecule has 30 heavy (non-hydrogen) atoms. The molecule has 0 spiro atoms. The Morgan fingerprint density at radius 3 is 2.17 bits per heavy atom. The number of esters is 1.